The van der Waals surface area contributed by atoms with Gasteiger partial charge in [0.15, 0.2) is 6.10 Å². The van der Waals surface area contributed by atoms with Crippen molar-refractivity contribution in [1.82, 2.24) is 0 Å². The highest BCUT2D eigenvalue weighted by Gasteiger charge is 2.39. The second kappa shape index (κ2) is 8.94. The monoisotopic (exact) mass is 334 g/mol. The van der Waals surface area contributed by atoms with Crippen molar-refractivity contribution < 1.29 is 35.1 Å². The Morgan fingerprint density at radius 2 is 1.74 bits per heavy atom. The predicted octanol–water partition coefficient (Wildman–Crippen LogP) is -0.574. The first-order valence-electron chi connectivity index (χ1n) is 8.22. The van der Waals surface area contributed by atoms with E-state index in [1.54, 1.807) is 0 Å². The smallest absolute Gasteiger partial charge is 0.338 e. The lowest BCUT2D eigenvalue weighted by atomic mass is 9.75. The lowest BCUT2D eigenvalue weighted by molar-refractivity contribution is -0.180. The molecule has 0 amide bonds. The Balaban J connectivity index is 2.68. The van der Waals surface area contributed by atoms with Crippen LogP contribution in [0.1, 0.15) is 40.0 Å². The predicted molar refractivity (Wildman–Crippen MR) is 82.3 cm³/mol. The number of esters is 1. The number of hydrogen-bond donors (Lipinski definition) is 5. The summed E-state index contributed by atoms with van der Waals surface area (Å²) in [6.45, 7) is 5.38. The van der Waals surface area contributed by atoms with E-state index in [9.17, 15) is 25.2 Å². The van der Waals surface area contributed by atoms with E-state index in [0.29, 0.717) is 18.3 Å². The average Bonchev–Trinajstić information content (AvgIpc) is 2.51. The molecule has 0 aromatic carbocycles. The molecule has 0 saturated heterocycles. The van der Waals surface area contributed by atoms with Gasteiger partial charge in [-0.25, -0.2) is 4.79 Å². The zero-order valence-corrected chi connectivity index (χ0v) is 14.0. The minimum absolute atomic E-state index is 0.187. The standard InChI is InChI=1S/C16H30O7/c1-8(2)10-5-4-9(3)6-12(10)23-16(22)15(21)14(20)13(19)11(18)7-17/h8-15,17-21H,4-7H2,1-3H3/t9?,10?,11-,12?,13-,14+,15-/m1/s1. The summed E-state index contributed by atoms with van der Waals surface area (Å²) in [6.07, 6.45) is -5.05. The lowest BCUT2D eigenvalue weighted by Gasteiger charge is -2.37. The van der Waals surface area contributed by atoms with Gasteiger partial charge in [0.05, 0.1) is 6.61 Å². The topological polar surface area (TPSA) is 127 Å². The summed E-state index contributed by atoms with van der Waals surface area (Å²) < 4.78 is 5.38. The van der Waals surface area contributed by atoms with Crippen LogP contribution in [-0.2, 0) is 9.53 Å². The molecule has 7 atom stereocenters. The van der Waals surface area contributed by atoms with Gasteiger partial charge in [-0.2, -0.15) is 0 Å². The highest BCUT2D eigenvalue weighted by atomic mass is 16.6. The molecule has 0 aromatic heterocycles. The highest BCUT2D eigenvalue weighted by Crippen LogP contribution is 2.35. The minimum atomic E-state index is -1.98. The number of rotatable bonds is 7. The van der Waals surface area contributed by atoms with Gasteiger partial charge in [0, 0.05) is 0 Å². The van der Waals surface area contributed by atoms with Crippen molar-refractivity contribution in [2.24, 2.45) is 17.8 Å². The summed E-state index contributed by atoms with van der Waals surface area (Å²) in [5.74, 6) is -0.102. The highest BCUT2D eigenvalue weighted by molar-refractivity contribution is 5.75. The molecule has 5 N–H and O–H groups in total. The Morgan fingerprint density at radius 1 is 1.13 bits per heavy atom. The van der Waals surface area contributed by atoms with E-state index in [1.807, 2.05) is 13.8 Å². The SMILES string of the molecule is CC1CCC(C(C)C)C(OC(=O)[C@H](O)[C@@H](O)[C@H](O)[C@H](O)CO)C1. The zero-order chi connectivity index (χ0) is 17.7. The van der Waals surface area contributed by atoms with Gasteiger partial charge in [0.25, 0.3) is 0 Å². The van der Waals surface area contributed by atoms with Crippen LogP contribution in [0, 0.1) is 17.8 Å². The van der Waals surface area contributed by atoms with Crippen molar-refractivity contribution in [2.75, 3.05) is 6.61 Å². The molecule has 3 unspecified atom stereocenters. The van der Waals surface area contributed by atoms with E-state index >= 15 is 0 Å². The summed E-state index contributed by atoms with van der Waals surface area (Å²) in [6, 6.07) is 0. The molecule has 7 nitrogen and oxygen atoms in total. The van der Waals surface area contributed by atoms with Crippen LogP contribution in [0.4, 0.5) is 0 Å². The molecular formula is C16H30O7. The van der Waals surface area contributed by atoms with Gasteiger partial charge in [0.1, 0.15) is 24.4 Å². The molecular weight excluding hydrogens is 304 g/mol. The molecule has 0 heterocycles. The number of hydrogen-bond acceptors (Lipinski definition) is 7. The van der Waals surface area contributed by atoms with E-state index < -0.39 is 37.0 Å². The number of ether oxygens (including phenoxy) is 1. The second-order valence-corrected chi connectivity index (χ2v) is 6.98. The first-order valence-corrected chi connectivity index (χ1v) is 8.22. The maximum atomic E-state index is 12.1. The van der Waals surface area contributed by atoms with Crippen molar-refractivity contribution in [3.8, 4) is 0 Å². The van der Waals surface area contributed by atoms with Crippen LogP contribution in [0.15, 0.2) is 0 Å². The molecule has 1 aliphatic rings. The molecule has 0 aromatic rings. The molecule has 0 spiro atoms. The Bertz CT molecular complexity index is 373. The fourth-order valence-corrected chi connectivity index (χ4v) is 3.13. The number of carbonyl (C=O) groups is 1. The van der Waals surface area contributed by atoms with Crippen molar-refractivity contribution in [3.05, 3.63) is 0 Å². The van der Waals surface area contributed by atoms with E-state index in [-0.39, 0.29) is 12.0 Å². The molecule has 136 valence electrons. The van der Waals surface area contributed by atoms with E-state index in [0.717, 1.165) is 12.8 Å². The fraction of sp³-hybridized carbons (Fsp3) is 0.938. The summed E-state index contributed by atoms with van der Waals surface area (Å²) in [7, 11) is 0. The van der Waals surface area contributed by atoms with Gasteiger partial charge in [-0.1, -0.05) is 27.2 Å². The van der Waals surface area contributed by atoms with Crippen molar-refractivity contribution >= 4 is 5.97 Å². The van der Waals surface area contributed by atoms with Crippen LogP contribution in [0.5, 0.6) is 0 Å². The molecule has 1 rings (SSSR count). The van der Waals surface area contributed by atoms with Gasteiger partial charge in [-0.05, 0) is 30.6 Å². The van der Waals surface area contributed by atoms with Crippen molar-refractivity contribution in [3.63, 3.8) is 0 Å². The van der Waals surface area contributed by atoms with Gasteiger partial charge < -0.3 is 30.3 Å². The molecule has 1 fully saturated rings. The molecule has 0 bridgehead atoms. The summed E-state index contributed by atoms with van der Waals surface area (Å²) in [5.41, 5.74) is 0. The van der Waals surface area contributed by atoms with Crippen LogP contribution >= 0.6 is 0 Å². The first-order chi connectivity index (χ1) is 10.7. The van der Waals surface area contributed by atoms with E-state index in [1.165, 1.54) is 0 Å². The van der Waals surface area contributed by atoms with Gasteiger partial charge >= 0.3 is 5.97 Å². The van der Waals surface area contributed by atoms with E-state index in [2.05, 4.69) is 6.92 Å². The Labute approximate surface area is 136 Å². The van der Waals surface area contributed by atoms with Gasteiger partial charge in [-0.3, -0.25) is 0 Å². The summed E-state index contributed by atoms with van der Waals surface area (Å²) in [4.78, 5) is 12.1. The van der Waals surface area contributed by atoms with Crippen LogP contribution in [0.2, 0.25) is 0 Å². The minimum Gasteiger partial charge on any atom is -0.460 e. The Morgan fingerprint density at radius 3 is 2.26 bits per heavy atom. The first kappa shape index (κ1) is 20.3. The normalized spacial score (nSPS) is 30.6. The number of aliphatic hydroxyl groups is 5. The third-order valence-corrected chi connectivity index (χ3v) is 4.73. The maximum absolute atomic E-state index is 12.1. The summed E-state index contributed by atoms with van der Waals surface area (Å²) >= 11 is 0. The van der Waals surface area contributed by atoms with Crippen LogP contribution < -0.4 is 0 Å². The molecule has 0 aliphatic heterocycles. The largest absolute Gasteiger partial charge is 0.460 e. The number of carbonyl (C=O) groups excluding carboxylic acids is 1. The van der Waals surface area contributed by atoms with Crippen LogP contribution in [0.25, 0.3) is 0 Å². The molecule has 1 saturated carbocycles. The lowest BCUT2D eigenvalue weighted by Crippen LogP contribution is -2.50. The molecule has 7 heteroatoms. The zero-order valence-electron chi connectivity index (χ0n) is 14.0. The molecule has 23 heavy (non-hydrogen) atoms. The van der Waals surface area contributed by atoms with E-state index in [4.69, 9.17) is 9.84 Å². The maximum Gasteiger partial charge on any atom is 0.338 e. The average molecular weight is 334 g/mol. The van der Waals surface area contributed by atoms with Gasteiger partial charge in [0.2, 0.25) is 0 Å². The van der Waals surface area contributed by atoms with Crippen LogP contribution in [-0.4, -0.2) is 68.6 Å². The third-order valence-electron chi connectivity index (χ3n) is 4.73. The quantitative estimate of drug-likeness (QED) is 0.394. The Kier molecular flexibility index (Phi) is 7.89. The molecule has 0 radical (unpaired) electrons. The van der Waals surface area contributed by atoms with Crippen LogP contribution in [0.3, 0.4) is 0 Å². The summed E-state index contributed by atoms with van der Waals surface area (Å²) in [5, 5.41) is 47.2. The van der Waals surface area contributed by atoms with Crippen molar-refractivity contribution in [1.29, 1.82) is 0 Å². The number of aliphatic hydroxyl groups excluding tert-OH is 5. The van der Waals surface area contributed by atoms with Crippen molar-refractivity contribution in [2.45, 2.75) is 70.6 Å². The Hall–Kier alpha value is -0.730. The fourth-order valence-electron chi connectivity index (χ4n) is 3.13. The molecule has 1 aliphatic carbocycles. The second-order valence-electron chi connectivity index (χ2n) is 6.98. The van der Waals surface area contributed by atoms with Gasteiger partial charge in [-0.15, -0.1) is 0 Å². The third kappa shape index (κ3) is 5.39.